The molecule has 1 aromatic carbocycles. The highest BCUT2D eigenvalue weighted by molar-refractivity contribution is 5.99. The summed E-state index contributed by atoms with van der Waals surface area (Å²) in [5, 5.41) is 6.00. The van der Waals surface area contributed by atoms with Crippen LogP contribution in [0.4, 0.5) is 5.69 Å². The van der Waals surface area contributed by atoms with Crippen LogP contribution >= 0.6 is 0 Å². The van der Waals surface area contributed by atoms with Gasteiger partial charge in [0.25, 0.3) is 5.91 Å². The fraction of sp³-hybridized carbons (Fsp3) is 0.500. The third kappa shape index (κ3) is 3.47. The SMILES string of the molecule is CNc1ccccc1C(=O)NCC(C)(C)N(C)C. The molecule has 0 bridgehead atoms. The third-order valence-electron chi connectivity index (χ3n) is 3.33. The van der Waals surface area contributed by atoms with E-state index in [0.29, 0.717) is 12.1 Å². The van der Waals surface area contributed by atoms with Gasteiger partial charge in [-0.05, 0) is 40.1 Å². The second kappa shape index (κ2) is 5.87. The van der Waals surface area contributed by atoms with Crippen molar-refractivity contribution >= 4 is 11.6 Å². The molecule has 0 aliphatic rings. The molecule has 4 nitrogen and oxygen atoms in total. The summed E-state index contributed by atoms with van der Waals surface area (Å²) in [7, 11) is 5.83. The fourth-order valence-corrected chi connectivity index (χ4v) is 1.45. The first-order chi connectivity index (χ1) is 8.38. The van der Waals surface area contributed by atoms with Crippen LogP contribution in [0.25, 0.3) is 0 Å². The van der Waals surface area contributed by atoms with Gasteiger partial charge in [0, 0.05) is 24.8 Å². The maximum atomic E-state index is 12.1. The van der Waals surface area contributed by atoms with Gasteiger partial charge in [-0.1, -0.05) is 12.1 Å². The molecule has 0 aliphatic heterocycles. The van der Waals surface area contributed by atoms with Gasteiger partial charge in [-0.2, -0.15) is 0 Å². The average Bonchev–Trinajstić information content (AvgIpc) is 2.35. The molecule has 0 heterocycles. The number of carbonyl (C=O) groups is 1. The Hall–Kier alpha value is -1.55. The average molecular weight is 249 g/mol. The maximum Gasteiger partial charge on any atom is 0.253 e. The minimum Gasteiger partial charge on any atom is -0.387 e. The summed E-state index contributed by atoms with van der Waals surface area (Å²) < 4.78 is 0. The van der Waals surface area contributed by atoms with Gasteiger partial charge in [0.1, 0.15) is 0 Å². The molecular formula is C14H23N3O. The van der Waals surface area contributed by atoms with E-state index in [1.165, 1.54) is 0 Å². The van der Waals surface area contributed by atoms with Gasteiger partial charge in [0.05, 0.1) is 5.56 Å². The van der Waals surface area contributed by atoms with Crippen LogP contribution in [0.3, 0.4) is 0 Å². The molecule has 0 unspecified atom stereocenters. The largest absolute Gasteiger partial charge is 0.387 e. The van der Waals surface area contributed by atoms with E-state index >= 15 is 0 Å². The van der Waals surface area contributed by atoms with Crippen LogP contribution < -0.4 is 10.6 Å². The molecule has 100 valence electrons. The third-order valence-corrected chi connectivity index (χ3v) is 3.33. The normalized spacial score (nSPS) is 11.4. The monoisotopic (exact) mass is 249 g/mol. The molecule has 18 heavy (non-hydrogen) atoms. The number of amides is 1. The molecule has 0 aromatic heterocycles. The number of para-hydroxylation sites is 1. The van der Waals surface area contributed by atoms with Gasteiger partial charge in [-0.3, -0.25) is 4.79 Å². The highest BCUT2D eigenvalue weighted by Crippen LogP contribution is 2.14. The van der Waals surface area contributed by atoms with Crippen LogP contribution in [0.5, 0.6) is 0 Å². The number of rotatable bonds is 5. The minimum atomic E-state index is -0.0652. The fourth-order valence-electron chi connectivity index (χ4n) is 1.45. The number of nitrogens with zero attached hydrogens (tertiary/aromatic N) is 1. The molecule has 1 aromatic rings. The summed E-state index contributed by atoms with van der Waals surface area (Å²) in [5.41, 5.74) is 1.46. The van der Waals surface area contributed by atoms with E-state index in [1.807, 2.05) is 45.4 Å². The van der Waals surface area contributed by atoms with Gasteiger partial charge < -0.3 is 15.5 Å². The van der Waals surface area contributed by atoms with Gasteiger partial charge in [0.15, 0.2) is 0 Å². The van der Waals surface area contributed by atoms with Gasteiger partial charge in [-0.25, -0.2) is 0 Å². The van der Waals surface area contributed by atoms with Crippen LogP contribution in [0.2, 0.25) is 0 Å². The Kier molecular flexibility index (Phi) is 4.73. The predicted octanol–water partition coefficient (Wildman–Crippen LogP) is 1.80. The number of carbonyl (C=O) groups excluding carboxylic acids is 1. The van der Waals surface area contributed by atoms with E-state index in [4.69, 9.17) is 0 Å². The molecule has 1 rings (SSSR count). The van der Waals surface area contributed by atoms with Crippen LogP contribution in [0.1, 0.15) is 24.2 Å². The van der Waals surface area contributed by atoms with Crippen molar-refractivity contribution in [2.45, 2.75) is 19.4 Å². The minimum absolute atomic E-state index is 0.0464. The number of benzene rings is 1. The molecular weight excluding hydrogens is 226 g/mol. The number of hydrogen-bond acceptors (Lipinski definition) is 3. The summed E-state index contributed by atoms with van der Waals surface area (Å²) in [6, 6.07) is 7.50. The van der Waals surface area contributed by atoms with Crippen LogP contribution in [0, 0.1) is 0 Å². The van der Waals surface area contributed by atoms with Crippen molar-refractivity contribution in [3.05, 3.63) is 29.8 Å². The van der Waals surface area contributed by atoms with E-state index in [1.54, 1.807) is 0 Å². The van der Waals surface area contributed by atoms with Crippen LogP contribution in [-0.2, 0) is 0 Å². The molecule has 1 amide bonds. The topological polar surface area (TPSA) is 44.4 Å². The van der Waals surface area contributed by atoms with E-state index in [0.717, 1.165) is 5.69 Å². The summed E-state index contributed by atoms with van der Waals surface area (Å²) in [6.07, 6.45) is 0. The van der Waals surface area contributed by atoms with Crippen molar-refractivity contribution in [3.63, 3.8) is 0 Å². The summed E-state index contributed by atoms with van der Waals surface area (Å²) in [5.74, 6) is -0.0464. The van der Waals surface area contributed by atoms with Gasteiger partial charge in [-0.15, -0.1) is 0 Å². The predicted molar refractivity (Wildman–Crippen MR) is 76.1 cm³/mol. The zero-order chi connectivity index (χ0) is 13.8. The summed E-state index contributed by atoms with van der Waals surface area (Å²) >= 11 is 0. The zero-order valence-electron chi connectivity index (χ0n) is 11.9. The Bertz CT molecular complexity index is 413. The number of likely N-dealkylation sites (N-methyl/N-ethyl adjacent to an activating group) is 1. The Labute approximate surface area is 109 Å². The standard InChI is InChI=1S/C14H23N3O/c1-14(2,17(4)5)10-16-13(18)11-8-6-7-9-12(11)15-3/h6-9,15H,10H2,1-5H3,(H,16,18). The van der Waals surface area contributed by atoms with E-state index in [2.05, 4.69) is 29.4 Å². The summed E-state index contributed by atoms with van der Waals surface area (Å²) in [4.78, 5) is 14.2. The van der Waals surface area contributed by atoms with Crippen LogP contribution in [-0.4, -0.2) is 44.0 Å². The molecule has 0 atom stereocenters. The van der Waals surface area contributed by atoms with Crippen LogP contribution in [0.15, 0.2) is 24.3 Å². The van der Waals surface area contributed by atoms with E-state index < -0.39 is 0 Å². The Morgan fingerprint density at radius 3 is 2.44 bits per heavy atom. The molecule has 0 fully saturated rings. The van der Waals surface area contributed by atoms with Crippen molar-refractivity contribution < 1.29 is 4.79 Å². The van der Waals surface area contributed by atoms with Gasteiger partial charge >= 0.3 is 0 Å². The van der Waals surface area contributed by atoms with E-state index in [-0.39, 0.29) is 11.4 Å². The first-order valence-electron chi connectivity index (χ1n) is 6.11. The van der Waals surface area contributed by atoms with E-state index in [9.17, 15) is 4.79 Å². The first kappa shape index (κ1) is 14.5. The second-order valence-electron chi connectivity index (χ2n) is 5.19. The molecule has 0 spiro atoms. The number of anilines is 1. The lowest BCUT2D eigenvalue weighted by Gasteiger charge is -2.32. The Morgan fingerprint density at radius 2 is 1.89 bits per heavy atom. The molecule has 2 N–H and O–H groups in total. The highest BCUT2D eigenvalue weighted by atomic mass is 16.1. The van der Waals surface area contributed by atoms with Crippen molar-refractivity contribution in [3.8, 4) is 0 Å². The van der Waals surface area contributed by atoms with Crippen molar-refractivity contribution in [2.75, 3.05) is 33.0 Å². The molecule has 0 radical (unpaired) electrons. The maximum absolute atomic E-state index is 12.1. The quantitative estimate of drug-likeness (QED) is 0.836. The summed E-state index contributed by atoms with van der Waals surface area (Å²) in [6.45, 7) is 4.80. The van der Waals surface area contributed by atoms with Crippen molar-refractivity contribution in [2.24, 2.45) is 0 Å². The molecule has 0 saturated carbocycles. The van der Waals surface area contributed by atoms with Crippen molar-refractivity contribution in [1.29, 1.82) is 0 Å². The molecule has 4 heteroatoms. The second-order valence-corrected chi connectivity index (χ2v) is 5.19. The Morgan fingerprint density at radius 1 is 1.28 bits per heavy atom. The van der Waals surface area contributed by atoms with Crippen molar-refractivity contribution in [1.82, 2.24) is 10.2 Å². The lowest BCUT2D eigenvalue weighted by atomic mass is 10.0. The lowest BCUT2D eigenvalue weighted by molar-refractivity contribution is 0.0920. The number of nitrogens with one attached hydrogen (secondary N) is 2. The zero-order valence-corrected chi connectivity index (χ0v) is 11.9. The molecule has 0 aliphatic carbocycles. The molecule has 0 saturated heterocycles. The smallest absolute Gasteiger partial charge is 0.253 e. The number of hydrogen-bond donors (Lipinski definition) is 2. The lowest BCUT2D eigenvalue weighted by Crippen LogP contribution is -2.48. The van der Waals surface area contributed by atoms with Gasteiger partial charge in [0.2, 0.25) is 0 Å². The highest BCUT2D eigenvalue weighted by Gasteiger charge is 2.21. The first-order valence-corrected chi connectivity index (χ1v) is 6.11. The Balaban J connectivity index is 2.72.